The van der Waals surface area contributed by atoms with Gasteiger partial charge in [-0.1, -0.05) is 0 Å². The molecule has 2 aromatic heterocycles. The predicted octanol–water partition coefficient (Wildman–Crippen LogP) is -0.317. The third kappa shape index (κ3) is 1.69. The van der Waals surface area contributed by atoms with Crippen LogP contribution in [-0.2, 0) is 0 Å². The molecule has 84 valence electrons. The van der Waals surface area contributed by atoms with Crippen LogP contribution in [0.15, 0.2) is 12.4 Å². The van der Waals surface area contributed by atoms with Crippen LogP contribution in [0.4, 0.5) is 5.82 Å². The monoisotopic (exact) mass is 219 g/mol. The quantitative estimate of drug-likeness (QED) is 0.720. The first-order valence-corrected chi connectivity index (χ1v) is 5.43. The highest BCUT2D eigenvalue weighted by Crippen LogP contribution is 2.12. The standard InChI is InChI=1S/C9H13N7/c1-3-10-4-2-7(1)12-8-5-11-6-9-13-14-15-16(8)9/h5-7,10,12H,1-4H2. The van der Waals surface area contributed by atoms with E-state index in [0.29, 0.717) is 11.7 Å². The van der Waals surface area contributed by atoms with E-state index in [1.807, 2.05) is 0 Å². The maximum absolute atomic E-state index is 4.11. The minimum atomic E-state index is 0.470. The zero-order chi connectivity index (χ0) is 10.8. The van der Waals surface area contributed by atoms with Crippen molar-refractivity contribution < 1.29 is 0 Å². The van der Waals surface area contributed by atoms with Crippen molar-refractivity contribution in [2.24, 2.45) is 0 Å². The van der Waals surface area contributed by atoms with Crippen molar-refractivity contribution in [3.8, 4) is 0 Å². The Balaban J connectivity index is 1.85. The van der Waals surface area contributed by atoms with Crippen molar-refractivity contribution in [1.82, 2.24) is 30.3 Å². The van der Waals surface area contributed by atoms with Gasteiger partial charge in [-0.2, -0.15) is 4.52 Å². The number of piperidine rings is 1. The number of fused-ring (bicyclic) bond motifs is 1. The lowest BCUT2D eigenvalue weighted by Gasteiger charge is -2.24. The van der Waals surface area contributed by atoms with E-state index >= 15 is 0 Å². The molecule has 2 aromatic rings. The summed E-state index contributed by atoms with van der Waals surface area (Å²) in [7, 11) is 0. The molecule has 0 bridgehead atoms. The van der Waals surface area contributed by atoms with E-state index in [1.54, 1.807) is 16.9 Å². The molecule has 3 heterocycles. The molecule has 0 unspecified atom stereocenters. The first kappa shape index (κ1) is 9.46. The summed E-state index contributed by atoms with van der Waals surface area (Å²) in [6, 6.07) is 0.470. The molecule has 3 rings (SSSR count). The second kappa shape index (κ2) is 4.01. The van der Waals surface area contributed by atoms with Crippen molar-refractivity contribution in [3.63, 3.8) is 0 Å². The van der Waals surface area contributed by atoms with Gasteiger partial charge in [-0.3, -0.25) is 4.98 Å². The van der Waals surface area contributed by atoms with Gasteiger partial charge in [-0.15, -0.1) is 5.10 Å². The van der Waals surface area contributed by atoms with E-state index in [9.17, 15) is 0 Å². The van der Waals surface area contributed by atoms with Crippen molar-refractivity contribution in [1.29, 1.82) is 0 Å². The molecule has 1 saturated heterocycles. The highest BCUT2D eigenvalue weighted by molar-refractivity contribution is 5.44. The van der Waals surface area contributed by atoms with Gasteiger partial charge in [-0.25, -0.2) is 0 Å². The average molecular weight is 219 g/mol. The molecular formula is C9H13N7. The zero-order valence-corrected chi connectivity index (χ0v) is 8.80. The molecule has 16 heavy (non-hydrogen) atoms. The SMILES string of the molecule is c1ncc2nnnn2c1NC1CCNCC1. The molecule has 1 aliphatic rings. The second-order valence-electron chi connectivity index (χ2n) is 3.91. The molecule has 1 fully saturated rings. The summed E-state index contributed by atoms with van der Waals surface area (Å²) in [5, 5.41) is 18.2. The third-order valence-corrected chi connectivity index (χ3v) is 2.80. The van der Waals surface area contributed by atoms with Crippen molar-refractivity contribution in [3.05, 3.63) is 12.4 Å². The van der Waals surface area contributed by atoms with Gasteiger partial charge in [0.05, 0.1) is 12.4 Å². The van der Waals surface area contributed by atoms with Gasteiger partial charge in [0.2, 0.25) is 0 Å². The molecular weight excluding hydrogens is 206 g/mol. The van der Waals surface area contributed by atoms with E-state index < -0.39 is 0 Å². The molecule has 0 amide bonds. The summed E-state index contributed by atoms with van der Waals surface area (Å²) in [6.07, 6.45) is 5.62. The normalized spacial score (nSPS) is 17.8. The van der Waals surface area contributed by atoms with Crippen LogP contribution in [0.2, 0.25) is 0 Å². The maximum Gasteiger partial charge on any atom is 0.199 e. The second-order valence-corrected chi connectivity index (χ2v) is 3.91. The van der Waals surface area contributed by atoms with Crippen LogP contribution in [-0.4, -0.2) is 44.2 Å². The van der Waals surface area contributed by atoms with Crippen molar-refractivity contribution in [2.75, 3.05) is 18.4 Å². The Morgan fingerprint density at radius 2 is 2.19 bits per heavy atom. The molecule has 0 aromatic carbocycles. The molecule has 7 nitrogen and oxygen atoms in total. The van der Waals surface area contributed by atoms with Crippen molar-refractivity contribution >= 4 is 11.5 Å². The summed E-state index contributed by atoms with van der Waals surface area (Å²) >= 11 is 0. The summed E-state index contributed by atoms with van der Waals surface area (Å²) in [5.74, 6) is 0.856. The van der Waals surface area contributed by atoms with E-state index in [-0.39, 0.29) is 0 Å². The fourth-order valence-corrected chi connectivity index (χ4v) is 1.95. The zero-order valence-electron chi connectivity index (χ0n) is 8.80. The average Bonchev–Trinajstić information content (AvgIpc) is 2.80. The molecule has 0 atom stereocenters. The number of tetrazole rings is 1. The molecule has 0 spiro atoms. The minimum Gasteiger partial charge on any atom is -0.366 e. The van der Waals surface area contributed by atoms with E-state index in [4.69, 9.17) is 0 Å². The van der Waals surface area contributed by atoms with Gasteiger partial charge < -0.3 is 10.6 Å². The fraction of sp³-hybridized carbons (Fsp3) is 0.556. The molecule has 0 radical (unpaired) electrons. The van der Waals surface area contributed by atoms with Crippen LogP contribution in [0.1, 0.15) is 12.8 Å². The predicted molar refractivity (Wildman–Crippen MR) is 58.1 cm³/mol. The largest absolute Gasteiger partial charge is 0.366 e. The van der Waals surface area contributed by atoms with Crippen molar-refractivity contribution in [2.45, 2.75) is 18.9 Å². The number of nitrogens with one attached hydrogen (secondary N) is 2. The summed E-state index contributed by atoms with van der Waals surface area (Å²) in [4.78, 5) is 4.11. The van der Waals surface area contributed by atoms with Gasteiger partial charge >= 0.3 is 0 Å². The Morgan fingerprint density at radius 3 is 3.06 bits per heavy atom. The van der Waals surface area contributed by atoms with Crippen LogP contribution >= 0.6 is 0 Å². The number of hydrogen-bond acceptors (Lipinski definition) is 6. The molecule has 7 heteroatoms. The minimum absolute atomic E-state index is 0.470. The van der Waals surface area contributed by atoms with Crippen LogP contribution in [0.3, 0.4) is 0 Å². The lowest BCUT2D eigenvalue weighted by Crippen LogP contribution is -2.35. The number of aromatic nitrogens is 5. The Hall–Kier alpha value is -1.76. The van der Waals surface area contributed by atoms with Crippen LogP contribution in [0, 0.1) is 0 Å². The first-order valence-electron chi connectivity index (χ1n) is 5.43. The van der Waals surface area contributed by atoms with E-state index in [1.165, 1.54) is 0 Å². The van der Waals surface area contributed by atoms with Gasteiger partial charge in [0.25, 0.3) is 0 Å². The van der Waals surface area contributed by atoms with E-state index in [0.717, 1.165) is 31.7 Å². The molecule has 1 aliphatic heterocycles. The van der Waals surface area contributed by atoms with Gasteiger partial charge in [0, 0.05) is 6.04 Å². The molecule has 2 N–H and O–H groups in total. The Morgan fingerprint density at radius 1 is 1.31 bits per heavy atom. The number of anilines is 1. The summed E-state index contributed by atoms with van der Waals surface area (Å²) in [5.41, 5.74) is 0.666. The smallest absolute Gasteiger partial charge is 0.199 e. The topological polar surface area (TPSA) is 80.0 Å². The summed E-state index contributed by atoms with van der Waals surface area (Å²) in [6.45, 7) is 2.10. The lowest BCUT2D eigenvalue weighted by atomic mass is 10.1. The van der Waals surface area contributed by atoms with Crippen LogP contribution in [0.25, 0.3) is 5.65 Å². The molecule has 0 aliphatic carbocycles. The van der Waals surface area contributed by atoms with Gasteiger partial charge in [-0.05, 0) is 36.4 Å². The van der Waals surface area contributed by atoms with Gasteiger partial charge in [0.1, 0.15) is 0 Å². The maximum atomic E-state index is 4.11. The molecule has 0 saturated carbocycles. The van der Waals surface area contributed by atoms with Crippen LogP contribution < -0.4 is 10.6 Å². The number of rotatable bonds is 2. The number of nitrogens with zero attached hydrogens (tertiary/aromatic N) is 5. The highest BCUT2D eigenvalue weighted by Gasteiger charge is 2.14. The fourth-order valence-electron chi connectivity index (χ4n) is 1.95. The van der Waals surface area contributed by atoms with E-state index in [2.05, 4.69) is 31.1 Å². The lowest BCUT2D eigenvalue weighted by molar-refractivity contribution is 0.477. The van der Waals surface area contributed by atoms with Gasteiger partial charge in [0.15, 0.2) is 11.5 Å². The summed E-state index contributed by atoms with van der Waals surface area (Å²) < 4.78 is 1.68. The first-order chi connectivity index (χ1) is 7.93. The number of hydrogen-bond donors (Lipinski definition) is 2. The Labute approximate surface area is 92.3 Å². The Bertz CT molecular complexity index is 473. The highest BCUT2D eigenvalue weighted by atomic mass is 15.5. The third-order valence-electron chi connectivity index (χ3n) is 2.80. The Kier molecular flexibility index (Phi) is 2.37. The van der Waals surface area contributed by atoms with Crippen LogP contribution in [0.5, 0.6) is 0 Å².